The molecule has 0 aliphatic heterocycles. The Bertz CT molecular complexity index is 507. The number of ether oxygens (including phenoxy) is 1. The number of benzene rings is 1. The van der Waals surface area contributed by atoms with Gasteiger partial charge in [-0.3, -0.25) is 4.99 Å². The van der Waals surface area contributed by atoms with Crippen molar-refractivity contribution in [1.29, 1.82) is 0 Å². The first-order valence-electron chi connectivity index (χ1n) is 7.27. The number of thioether (sulfide) groups is 1. The zero-order valence-electron chi connectivity index (χ0n) is 13.2. The highest BCUT2D eigenvalue weighted by atomic mass is 32.2. The van der Waals surface area contributed by atoms with E-state index in [-0.39, 0.29) is 17.4 Å². The van der Waals surface area contributed by atoms with Gasteiger partial charge in [-0.1, -0.05) is 26.0 Å². The van der Waals surface area contributed by atoms with Crippen LogP contribution in [0.2, 0.25) is 0 Å². The van der Waals surface area contributed by atoms with Crippen LogP contribution < -0.4 is 15.8 Å². The number of anilines is 1. The van der Waals surface area contributed by atoms with E-state index in [1.807, 2.05) is 11.8 Å². The molecular formula is C15H22F3N3OS. The van der Waals surface area contributed by atoms with Gasteiger partial charge in [-0.05, 0) is 36.0 Å². The van der Waals surface area contributed by atoms with E-state index in [0.29, 0.717) is 12.5 Å². The number of nitrogens with one attached hydrogen (secondary N) is 1. The Morgan fingerprint density at radius 2 is 2.04 bits per heavy atom. The Morgan fingerprint density at radius 1 is 1.35 bits per heavy atom. The molecular weight excluding hydrogens is 327 g/mol. The summed E-state index contributed by atoms with van der Waals surface area (Å²) >= 11 is 1.85. The number of para-hydroxylation sites is 2. The molecule has 4 nitrogen and oxygen atoms in total. The Kier molecular flexibility index (Phi) is 8.08. The summed E-state index contributed by atoms with van der Waals surface area (Å²) in [7, 11) is 0. The van der Waals surface area contributed by atoms with Crippen molar-refractivity contribution in [3.05, 3.63) is 24.3 Å². The first kappa shape index (κ1) is 19.5. The van der Waals surface area contributed by atoms with Crippen molar-refractivity contribution < 1.29 is 17.9 Å². The lowest BCUT2D eigenvalue weighted by molar-refractivity contribution is -0.274. The van der Waals surface area contributed by atoms with Crippen molar-refractivity contribution in [3.8, 4) is 5.75 Å². The molecule has 0 amide bonds. The summed E-state index contributed by atoms with van der Waals surface area (Å²) in [6.07, 6.45) is -3.89. The van der Waals surface area contributed by atoms with Crippen LogP contribution in [-0.4, -0.2) is 30.4 Å². The molecule has 0 saturated carbocycles. The van der Waals surface area contributed by atoms with E-state index in [2.05, 4.69) is 28.9 Å². The van der Waals surface area contributed by atoms with Gasteiger partial charge in [0, 0.05) is 6.54 Å². The highest BCUT2D eigenvalue weighted by Crippen LogP contribution is 2.29. The minimum absolute atomic E-state index is 0.0667. The molecule has 0 aromatic heterocycles. The molecule has 130 valence electrons. The largest absolute Gasteiger partial charge is 0.573 e. The second-order valence-corrected chi connectivity index (χ2v) is 6.41. The third kappa shape index (κ3) is 9.22. The Hall–Kier alpha value is -1.57. The number of halogens is 3. The van der Waals surface area contributed by atoms with Crippen LogP contribution in [0.4, 0.5) is 18.9 Å². The summed E-state index contributed by atoms with van der Waals surface area (Å²) in [5.74, 6) is 2.45. The van der Waals surface area contributed by atoms with Crippen molar-refractivity contribution in [2.75, 3.05) is 23.4 Å². The standard InChI is InChI=1S/C15H22F3N3OS/c1-11(2)10-23-9-5-8-20-14(19)21-12-6-3-4-7-13(12)22-15(16,17)18/h3-4,6-7,11H,5,8-10H2,1-2H3,(H3,19,20,21). The molecule has 0 unspecified atom stereocenters. The summed E-state index contributed by atoms with van der Waals surface area (Å²) < 4.78 is 40.9. The Labute approximate surface area is 138 Å². The van der Waals surface area contributed by atoms with E-state index < -0.39 is 6.36 Å². The quantitative estimate of drug-likeness (QED) is 0.422. The van der Waals surface area contributed by atoms with Crippen LogP contribution in [0.25, 0.3) is 0 Å². The first-order chi connectivity index (χ1) is 10.8. The second-order valence-electron chi connectivity index (χ2n) is 5.26. The fraction of sp³-hybridized carbons (Fsp3) is 0.533. The van der Waals surface area contributed by atoms with Crippen molar-refractivity contribution in [2.45, 2.75) is 26.6 Å². The molecule has 8 heteroatoms. The van der Waals surface area contributed by atoms with E-state index in [4.69, 9.17) is 5.73 Å². The van der Waals surface area contributed by atoms with Gasteiger partial charge in [0.25, 0.3) is 0 Å². The molecule has 0 atom stereocenters. The molecule has 0 bridgehead atoms. The molecule has 23 heavy (non-hydrogen) atoms. The van der Waals surface area contributed by atoms with Gasteiger partial charge in [0.1, 0.15) is 0 Å². The number of guanidine groups is 1. The number of aliphatic imine (C=N–C) groups is 1. The van der Waals surface area contributed by atoms with E-state index in [0.717, 1.165) is 17.9 Å². The van der Waals surface area contributed by atoms with E-state index in [9.17, 15) is 13.2 Å². The van der Waals surface area contributed by atoms with Crippen LogP contribution in [0.3, 0.4) is 0 Å². The molecule has 3 N–H and O–H groups in total. The summed E-state index contributed by atoms with van der Waals surface area (Å²) in [6, 6.07) is 5.69. The topological polar surface area (TPSA) is 59.6 Å². The average Bonchev–Trinajstić information content (AvgIpc) is 2.43. The fourth-order valence-electron chi connectivity index (χ4n) is 1.65. The van der Waals surface area contributed by atoms with Crippen molar-refractivity contribution >= 4 is 23.4 Å². The summed E-state index contributed by atoms with van der Waals surface area (Å²) in [5, 5.41) is 2.64. The Balaban J connectivity index is 2.47. The maximum atomic E-state index is 12.3. The summed E-state index contributed by atoms with van der Waals surface area (Å²) in [6.45, 7) is 4.84. The lowest BCUT2D eigenvalue weighted by Crippen LogP contribution is -2.24. The minimum Gasteiger partial charge on any atom is -0.404 e. The van der Waals surface area contributed by atoms with Gasteiger partial charge in [0.05, 0.1) is 5.69 Å². The van der Waals surface area contributed by atoms with E-state index in [1.165, 1.54) is 18.2 Å². The smallest absolute Gasteiger partial charge is 0.404 e. The monoisotopic (exact) mass is 349 g/mol. The molecule has 0 heterocycles. The molecule has 1 aromatic rings. The number of rotatable bonds is 8. The van der Waals surface area contributed by atoms with Crippen LogP contribution in [0.5, 0.6) is 5.75 Å². The number of nitrogens with two attached hydrogens (primary N) is 1. The van der Waals surface area contributed by atoms with E-state index in [1.54, 1.807) is 6.07 Å². The van der Waals surface area contributed by atoms with Crippen molar-refractivity contribution in [1.82, 2.24) is 0 Å². The molecule has 1 aromatic carbocycles. The number of alkyl halides is 3. The SMILES string of the molecule is CC(C)CSCCCN=C(N)Nc1ccccc1OC(F)(F)F. The van der Waals surface area contributed by atoms with Gasteiger partial charge in [0.15, 0.2) is 11.7 Å². The van der Waals surface area contributed by atoms with Crippen LogP contribution in [0, 0.1) is 5.92 Å². The highest BCUT2D eigenvalue weighted by Gasteiger charge is 2.32. The van der Waals surface area contributed by atoms with Crippen molar-refractivity contribution in [3.63, 3.8) is 0 Å². The summed E-state index contributed by atoms with van der Waals surface area (Å²) in [4.78, 5) is 4.11. The first-order valence-corrected chi connectivity index (χ1v) is 8.43. The maximum Gasteiger partial charge on any atom is 0.573 e. The van der Waals surface area contributed by atoms with Gasteiger partial charge in [-0.2, -0.15) is 11.8 Å². The minimum atomic E-state index is -4.75. The Morgan fingerprint density at radius 3 is 2.70 bits per heavy atom. The normalized spacial score (nSPS) is 12.5. The molecule has 0 fully saturated rings. The molecule has 0 aliphatic carbocycles. The van der Waals surface area contributed by atoms with Crippen molar-refractivity contribution in [2.24, 2.45) is 16.6 Å². The predicted octanol–water partition coefficient (Wildman–Crippen LogP) is 4.09. The average molecular weight is 349 g/mol. The fourth-order valence-corrected chi connectivity index (χ4v) is 2.62. The third-order valence-corrected chi connectivity index (χ3v) is 4.04. The van der Waals surface area contributed by atoms with Crippen LogP contribution in [0.1, 0.15) is 20.3 Å². The number of nitrogens with zero attached hydrogens (tertiary/aromatic N) is 1. The lowest BCUT2D eigenvalue weighted by Gasteiger charge is -2.14. The molecule has 0 aliphatic rings. The van der Waals surface area contributed by atoms with Crippen LogP contribution in [0.15, 0.2) is 29.3 Å². The predicted molar refractivity (Wildman–Crippen MR) is 90.0 cm³/mol. The molecule has 0 radical (unpaired) electrons. The van der Waals surface area contributed by atoms with Gasteiger partial charge in [0.2, 0.25) is 0 Å². The second kappa shape index (κ2) is 9.54. The lowest BCUT2D eigenvalue weighted by atomic mass is 10.3. The third-order valence-electron chi connectivity index (χ3n) is 2.56. The van der Waals surface area contributed by atoms with Gasteiger partial charge in [-0.25, -0.2) is 0 Å². The molecule has 0 spiro atoms. The van der Waals surface area contributed by atoms with Gasteiger partial charge in [-0.15, -0.1) is 13.2 Å². The highest BCUT2D eigenvalue weighted by molar-refractivity contribution is 7.99. The van der Waals surface area contributed by atoms with Crippen LogP contribution >= 0.6 is 11.8 Å². The zero-order valence-corrected chi connectivity index (χ0v) is 14.0. The molecule has 1 rings (SSSR count). The summed E-state index contributed by atoms with van der Waals surface area (Å²) in [5.41, 5.74) is 5.82. The maximum absolute atomic E-state index is 12.3. The zero-order chi connectivity index (χ0) is 17.3. The van der Waals surface area contributed by atoms with Gasteiger partial charge < -0.3 is 15.8 Å². The number of hydrogen-bond acceptors (Lipinski definition) is 3. The number of hydrogen-bond donors (Lipinski definition) is 2. The van der Waals surface area contributed by atoms with Crippen LogP contribution in [-0.2, 0) is 0 Å². The van der Waals surface area contributed by atoms with Gasteiger partial charge >= 0.3 is 6.36 Å². The van der Waals surface area contributed by atoms with E-state index >= 15 is 0 Å². The molecule has 0 saturated heterocycles.